The fourth-order valence-electron chi connectivity index (χ4n) is 3.38. The smallest absolute Gasteiger partial charge is 0.135 e. The van der Waals surface area contributed by atoms with Gasteiger partial charge in [-0.2, -0.15) is 0 Å². The second-order valence-corrected chi connectivity index (χ2v) is 6.15. The number of fused-ring (bicyclic) bond motifs is 4. The van der Waals surface area contributed by atoms with Gasteiger partial charge in [-0.25, -0.2) is 4.98 Å². The van der Waals surface area contributed by atoms with Crippen molar-refractivity contribution in [1.82, 2.24) is 4.98 Å². The van der Waals surface area contributed by atoms with Gasteiger partial charge in [0.05, 0.1) is 11.2 Å². The summed E-state index contributed by atoms with van der Waals surface area (Å²) in [5.41, 5.74) is 6.23. The number of para-hydroxylation sites is 2. The molecule has 0 N–H and O–H groups in total. The summed E-state index contributed by atoms with van der Waals surface area (Å²) in [5, 5.41) is 3.48. The molecule has 0 fully saturated rings. The minimum Gasteiger partial charge on any atom is -0.456 e. The van der Waals surface area contributed by atoms with E-state index in [-0.39, 0.29) is 0 Å². The molecular formula is C22H15NO. The predicted octanol–water partition coefficient (Wildman–Crippen LogP) is 6.11. The van der Waals surface area contributed by atoms with Crippen molar-refractivity contribution in [2.45, 2.75) is 6.92 Å². The number of pyridine rings is 1. The van der Waals surface area contributed by atoms with Gasteiger partial charge in [-0.3, -0.25) is 0 Å². The summed E-state index contributed by atoms with van der Waals surface area (Å²) in [4.78, 5) is 4.85. The molecule has 0 saturated heterocycles. The second-order valence-electron chi connectivity index (χ2n) is 6.15. The van der Waals surface area contributed by atoms with Crippen LogP contribution in [0.15, 0.2) is 77.2 Å². The van der Waals surface area contributed by atoms with E-state index in [4.69, 9.17) is 9.40 Å². The van der Waals surface area contributed by atoms with Crippen LogP contribution in [0.25, 0.3) is 44.1 Å². The molecule has 0 aliphatic carbocycles. The highest BCUT2D eigenvalue weighted by atomic mass is 16.3. The Bertz CT molecular complexity index is 1220. The number of benzene rings is 3. The average molecular weight is 309 g/mol. The van der Waals surface area contributed by atoms with E-state index in [1.165, 1.54) is 10.9 Å². The minimum absolute atomic E-state index is 0.914. The van der Waals surface area contributed by atoms with Crippen molar-refractivity contribution < 1.29 is 4.42 Å². The minimum atomic E-state index is 0.914. The SMILES string of the molecule is Cc1cc(-c2ccc3oc4ccccc4c3c2)nc2ccccc12. The van der Waals surface area contributed by atoms with Crippen molar-refractivity contribution in [3.8, 4) is 11.3 Å². The fraction of sp³-hybridized carbons (Fsp3) is 0.0455. The van der Waals surface area contributed by atoms with Gasteiger partial charge in [0.2, 0.25) is 0 Å². The molecule has 2 aromatic heterocycles. The highest BCUT2D eigenvalue weighted by Crippen LogP contribution is 2.32. The van der Waals surface area contributed by atoms with Crippen molar-refractivity contribution in [2.24, 2.45) is 0 Å². The lowest BCUT2D eigenvalue weighted by Gasteiger charge is -2.07. The Balaban J connectivity index is 1.78. The van der Waals surface area contributed by atoms with Crippen LogP contribution in [-0.4, -0.2) is 4.98 Å². The monoisotopic (exact) mass is 309 g/mol. The summed E-state index contributed by atoms with van der Waals surface area (Å²) in [7, 11) is 0. The molecular weight excluding hydrogens is 294 g/mol. The summed E-state index contributed by atoms with van der Waals surface area (Å²) in [6.45, 7) is 2.14. The maximum Gasteiger partial charge on any atom is 0.135 e. The zero-order valence-corrected chi connectivity index (χ0v) is 13.3. The number of aryl methyl sites for hydroxylation is 1. The lowest BCUT2D eigenvalue weighted by atomic mass is 10.0. The highest BCUT2D eigenvalue weighted by molar-refractivity contribution is 6.06. The molecule has 2 nitrogen and oxygen atoms in total. The van der Waals surface area contributed by atoms with Crippen LogP contribution in [0.1, 0.15) is 5.56 Å². The second kappa shape index (κ2) is 4.93. The summed E-state index contributed by atoms with van der Waals surface area (Å²) < 4.78 is 5.92. The molecule has 0 radical (unpaired) electrons. The molecule has 0 saturated carbocycles. The molecule has 3 aromatic carbocycles. The topological polar surface area (TPSA) is 26.0 Å². The van der Waals surface area contributed by atoms with Crippen molar-refractivity contribution in [3.05, 3.63) is 78.4 Å². The average Bonchev–Trinajstić information content (AvgIpc) is 2.99. The first kappa shape index (κ1) is 13.3. The lowest BCUT2D eigenvalue weighted by molar-refractivity contribution is 0.669. The Morgan fingerprint density at radius 3 is 2.38 bits per heavy atom. The summed E-state index contributed by atoms with van der Waals surface area (Å²) in [6.07, 6.45) is 0. The molecule has 0 atom stereocenters. The number of furan rings is 1. The summed E-state index contributed by atoms with van der Waals surface area (Å²) in [6, 6.07) is 24.9. The molecule has 0 unspecified atom stereocenters. The normalized spacial score (nSPS) is 11.5. The molecule has 0 bridgehead atoms. The van der Waals surface area contributed by atoms with Gasteiger partial charge < -0.3 is 4.42 Å². The Morgan fingerprint density at radius 1 is 0.708 bits per heavy atom. The first-order valence-electron chi connectivity index (χ1n) is 8.08. The van der Waals surface area contributed by atoms with Crippen LogP contribution in [0, 0.1) is 6.92 Å². The molecule has 2 heterocycles. The number of rotatable bonds is 1. The lowest BCUT2D eigenvalue weighted by Crippen LogP contribution is -1.88. The Hall–Kier alpha value is -3.13. The first-order valence-corrected chi connectivity index (χ1v) is 8.08. The van der Waals surface area contributed by atoms with Gasteiger partial charge in [0.15, 0.2) is 0 Å². The van der Waals surface area contributed by atoms with E-state index in [0.717, 1.165) is 38.7 Å². The first-order chi connectivity index (χ1) is 11.8. The van der Waals surface area contributed by atoms with Crippen molar-refractivity contribution in [2.75, 3.05) is 0 Å². The van der Waals surface area contributed by atoms with Gasteiger partial charge in [0.1, 0.15) is 11.2 Å². The molecule has 24 heavy (non-hydrogen) atoms. The number of hydrogen-bond acceptors (Lipinski definition) is 2. The van der Waals surface area contributed by atoms with Crippen LogP contribution in [0.3, 0.4) is 0 Å². The fourth-order valence-corrected chi connectivity index (χ4v) is 3.38. The zero-order chi connectivity index (χ0) is 16.1. The van der Waals surface area contributed by atoms with Crippen molar-refractivity contribution in [3.63, 3.8) is 0 Å². The van der Waals surface area contributed by atoms with E-state index in [1.807, 2.05) is 30.3 Å². The van der Waals surface area contributed by atoms with Crippen molar-refractivity contribution >= 4 is 32.8 Å². The predicted molar refractivity (Wildman–Crippen MR) is 99.2 cm³/mol. The van der Waals surface area contributed by atoms with Crippen LogP contribution in [-0.2, 0) is 0 Å². The quantitative estimate of drug-likeness (QED) is 0.373. The van der Waals surface area contributed by atoms with Gasteiger partial charge >= 0.3 is 0 Å². The Morgan fingerprint density at radius 2 is 1.46 bits per heavy atom. The number of hydrogen-bond donors (Lipinski definition) is 0. The molecule has 5 rings (SSSR count). The van der Waals surface area contributed by atoms with E-state index in [9.17, 15) is 0 Å². The molecule has 114 valence electrons. The van der Waals surface area contributed by atoms with E-state index < -0.39 is 0 Å². The number of aromatic nitrogens is 1. The van der Waals surface area contributed by atoms with Gasteiger partial charge in [0.25, 0.3) is 0 Å². The van der Waals surface area contributed by atoms with E-state index in [2.05, 4.69) is 49.4 Å². The van der Waals surface area contributed by atoms with Gasteiger partial charge in [-0.05, 0) is 48.9 Å². The Kier molecular flexibility index (Phi) is 2.74. The van der Waals surface area contributed by atoms with Crippen LogP contribution in [0.5, 0.6) is 0 Å². The third-order valence-corrected chi connectivity index (χ3v) is 4.60. The van der Waals surface area contributed by atoms with E-state index >= 15 is 0 Å². The van der Waals surface area contributed by atoms with E-state index in [0.29, 0.717) is 0 Å². The largest absolute Gasteiger partial charge is 0.456 e. The molecule has 0 spiro atoms. The third kappa shape index (κ3) is 1.93. The molecule has 0 aliphatic rings. The van der Waals surface area contributed by atoms with Gasteiger partial charge in [0, 0.05) is 21.7 Å². The van der Waals surface area contributed by atoms with E-state index in [1.54, 1.807) is 0 Å². The highest BCUT2D eigenvalue weighted by Gasteiger charge is 2.10. The van der Waals surface area contributed by atoms with Crippen molar-refractivity contribution in [1.29, 1.82) is 0 Å². The maximum atomic E-state index is 5.92. The standard InChI is InChI=1S/C22H15NO/c1-14-12-20(23-19-8-4-2-6-16(14)19)15-10-11-22-18(13-15)17-7-3-5-9-21(17)24-22/h2-13H,1H3. The Labute approximate surface area is 139 Å². The van der Waals surface area contributed by atoms with Crippen LogP contribution in [0.4, 0.5) is 0 Å². The molecule has 0 amide bonds. The number of nitrogens with zero attached hydrogens (tertiary/aromatic N) is 1. The summed E-state index contributed by atoms with van der Waals surface area (Å²) in [5.74, 6) is 0. The molecule has 2 heteroatoms. The molecule has 0 aliphatic heterocycles. The van der Waals surface area contributed by atoms with Crippen LogP contribution < -0.4 is 0 Å². The zero-order valence-electron chi connectivity index (χ0n) is 13.3. The van der Waals surface area contributed by atoms with Crippen LogP contribution in [0.2, 0.25) is 0 Å². The maximum absolute atomic E-state index is 5.92. The molecule has 5 aromatic rings. The third-order valence-electron chi connectivity index (χ3n) is 4.60. The van der Waals surface area contributed by atoms with Crippen LogP contribution >= 0.6 is 0 Å². The summed E-state index contributed by atoms with van der Waals surface area (Å²) >= 11 is 0. The van der Waals surface area contributed by atoms with Gasteiger partial charge in [-0.15, -0.1) is 0 Å². The van der Waals surface area contributed by atoms with Gasteiger partial charge in [-0.1, -0.05) is 36.4 Å².